The smallest absolute Gasteiger partial charge is 0.253 e. The highest BCUT2D eigenvalue weighted by Crippen LogP contribution is 2.19. The Hall–Kier alpha value is -1.48. The Labute approximate surface area is 155 Å². The second-order valence-electron chi connectivity index (χ2n) is 7.08. The maximum absolute atomic E-state index is 12.9. The predicted octanol–water partition coefficient (Wildman–Crippen LogP) is 1.19. The molecule has 144 valence electrons. The summed E-state index contributed by atoms with van der Waals surface area (Å²) in [5.41, 5.74) is 6.53. The van der Waals surface area contributed by atoms with Crippen LogP contribution in [0.15, 0.2) is 29.2 Å². The van der Waals surface area contributed by atoms with E-state index in [0.717, 1.165) is 51.7 Å². The van der Waals surface area contributed by atoms with Crippen molar-refractivity contribution in [3.05, 3.63) is 29.8 Å². The summed E-state index contributed by atoms with van der Waals surface area (Å²) in [6, 6.07) is 6.53. The molecule has 0 bridgehead atoms. The van der Waals surface area contributed by atoms with Crippen LogP contribution in [0.2, 0.25) is 0 Å². The van der Waals surface area contributed by atoms with Crippen LogP contribution in [0.4, 0.5) is 0 Å². The molecule has 2 fully saturated rings. The molecule has 2 aliphatic heterocycles. The van der Waals surface area contributed by atoms with Gasteiger partial charge in [0.1, 0.15) is 0 Å². The Kier molecular flexibility index (Phi) is 6.29. The van der Waals surface area contributed by atoms with Crippen LogP contribution in [-0.4, -0.2) is 62.8 Å². The fourth-order valence-corrected chi connectivity index (χ4v) is 4.77. The van der Waals surface area contributed by atoms with Gasteiger partial charge in [-0.1, -0.05) is 18.9 Å². The lowest BCUT2D eigenvalue weighted by Crippen LogP contribution is -2.41. The molecular formula is C18H28N4O3S. The molecule has 2 N–H and O–H groups in total. The van der Waals surface area contributed by atoms with E-state index in [0.29, 0.717) is 12.1 Å². The van der Waals surface area contributed by atoms with Crippen LogP contribution in [0.1, 0.15) is 42.5 Å². The van der Waals surface area contributed by atoms with Gasteiger partial charge in [0.05, 0.1) is 4.90 Å². The van der Waals surface area contributed by atoms with Gasteiger partial charge >= 0.3 is 0 Å². The van der Waals surface area contributed by atoms with Crippen LogP contribution in [0.5, 0.6) is 0 Å². The molecule has 1 aromatic carbocycles. The van der Waals surface area contributed by atoms with Gasteiger partial charge in [-0.2, -0.15) is 4.31 Å². The summed E-state index contributed by atoms with van der Waals surface area (Å²) < 4.78 is 27.1. The normalized spacial score (nSPS) is 21.8. The molecule has 0 aromatic heterocycles. The van der Waals surface area contributed by atoms with Gasteiger partial charge in [-0.3, -0.25) is 15.6 Å². The standard InChI is InChI=1S/C18H28N4O3S/c1-21(14-16-9-10-19-20-16)26(24,25)17-8-6-7-15(13-17)18(23)22-11-4-2-3-5-12-22/h6-8,13,16,19-20H,2-5,9-12,14H2,1H3. The second-order valence-corrected chi connectivity index (χ2v) is 9.12. The van der Waals surface area contributed by atoms with Gasteiger partial charge in [-0.15, -0.1) is 0 Å². The first kappa shape index (κ1) is 19.3. The Morgan fingerprint density at radius 3 is 2.62 bits per heavy atom. The van der Waals surface area contributed by atoms with Crippen molar-refractivity contribution in [2.24, 2.45) is 0 Å². The van der Waals surface area contributed by atoms with Crippen LogP contribution < -0.4 is 10.9 Å². The molecule has 26 heavy (non-hydrogen) atoms. The first-order valence-corrected chi connectivity index (χ1v) is 10.8. The van der Waals surface area contributed by atoms with E-state index in [9.17, 15) is 13.2 Å². The van der Waals surface area contributed by atoms with E-state index in [-0.39, 0.29) is 16.8 Å². The lowest BCUT2D eigenvalue weighted by atomic mass is 10.2. The van der Waals surface area contributed by atoms with Gasteiger partial charge in [-0.05, 0) is 37.5 Å². The number of likely N-dealkylation sites (tertiary alicyclic amines) is 1. The summed E-state index contributed by atoms with van der Waals surface area (Å²) >= 11 is 0. The zero-order chi connectivity index (χ0) is 18.6. The van der Waals surface area contributed by atoms with Crippen molar-refractivity contribution in [2.45, 2.75) is 43.0 Å². The summed E-state index contributed by atoms with van der Waals surface area (Å²) in [5, 5.41) is 0. The lowest BCUT2D eigenvalue weighted by Gasteiger charge is -2.22. The molecule has 2 aliphatic rings. The number of hydrogen-bond donors (Lipinski definition) is 2. The summed E-state index contributed by atoms with van der Waals surface area (Å²) in [5.74, 6) is -0.0757. The summed E-state index contributed by atoms with van der Waals surface area (Å²) in [4.78, 5) is 14.8. The van der Waals surface area contributed by atoms with E-state index in [1.54, 1.807) is 25.2 Å². The van der Waals surface area contributed by atoms with E-state index in [1.807, 2.05) is 4.90 Å². The van der Waals surface area contributed by atoms with Crippen LogP contribution in [-0.2, 0) is 10.0 Å². The number of rotatable bonds is 5. The van der Waals surface area contributed by atoms with Crippen molar-refractivity contribution in [3.63, 3.8) is 0 Å². The number of carbonyl (C=O) groups excluding carboxylic acids is 1. The van der Waals surface area contributed by atoms with Crippen LogP contribution in [0, 0.1) is 0 Å². The maximum atomic E-state index is 12.9. The van der Waals surface area contributed by atoms with Crippen LogP contribution in [0.25, 0.3) is 0 Å². The topological polar surface area (TPSA) is 81.7 Å². The number of amides is 1. The fourth-order valence-electron chi connectivity index (χ4n) is 3.51. The Morgan fingerprint density at radius 1 is 1.23 bits per heavy atom. The zero-order valence-electron chi connectivity index (χ0n) is 15.3. The van der Waals surface area contributed by atoms with E-state index >= 15 is 0 Å². The lowest BCUT2D eigenvalue weighted by molar-refractivity contribution is 0.0761. The molecular weight excluding hydrogens is 352 g/mol. The first-order chi connectivity index (χ1) is 12.5. The number of nitrogens with one attached hydrogen (secondary N) is 2. The number of hydrazine groups is 1. The maximum Gasteiger partial charge on any atom is 0.253 e. The zero-order valence-corrected chi connectivity index (χ0v) is 16.1. The van der Waals surface area contributed by atoms with Crippen molar-refractivity contribution in [3.8, 4) is 0 Å². The van der Waals surface area contributed by atoms with E-state index in [4.69, 9.17) is 0 Å². The minimum Gasteiger partial charge on any atom is -0.339 e. The fraction of sp³-hybridized carbons (Fsp3) is 0.611. The molecule has 2 heterocycles. The minimum absolute atomic E-state index is 0.0757. The van der Waals surface area contributed by atoms with Gasteiger partial charge in [0.15, 0.2) is 0 Å². The second kappa shape index (κ2) is 8.47. The quantitative estimate of drug-likeness (QED) is 0.802. The SMILES string of the molecule is CN(CC1CCNN1)S(=O)(=O)c1cccc(C(=O)N2CCCCCC2)c1. The van der Waals surface area contributed by atoms with Gasteiger partial charge in [0, 0.05) is 44.8 Å². The monoisotopic (exact) mass is 380 g/mol. The van der Waals surface area contributed by atoms with Gasteiger partial charge < -0.3 is 4.90 Å². The molecule has 1 aromatic rings. The van der Waals surface area contributed by atoms with E-state index in [2.05, 4.69) is 10.9 Å². The van der Waals surface area contributed by atoms with Crippen LogP contribution >= 0.6 is 0 Å². The number of nitrogens with zero attached hydrogens (tertiary/aromatic N) is 2. The van der Waals surface area contributed by atoms with Crippen LogP contribution in [0.3, 0.4) is 0 Å². The van der Waals surface area contributed by atoms with Crippen molar-refractivity contribution >= 4 is 15.9 Å². The third-order valence-electron chi connectivity index (χ3n) is 5.08. The van der Waals surface area contributed by atoms with Gasteiger partial charge in [-0.25, -0.2) is 8.42 Å². The van der Waals surface area contributed by atoms with Gasteiger partial charge in [0.2, 0.25) is 10.0 Å². The number of benzene rings is 1. The van der Waals surface area contributed by atoms with Crippen molar-refractivity contribution in [1.82, 2.24) is 20.1 Å². The largest absolute Gasteiger partial charge is 0.339 e. The molecule has 1 atom stereocenters. The highest BCUT2D eigenvalue weighted by molar-refractivity contribution is 7.89. The molecule has 0 aliphatic carbocycles. The third kappa shape index (κ3) is 4.43. The number of likely N-dealkylation sites (N-methyl/N-ethyl adjacent to an activating group) is 1. The number of hydrogen-bond acceptors (Lipinski definition) is 5. The molecule has 8 heteroatoms. The summed E-state index contributed by atoms with van der Waals surface area (Å²) in [6.45, 7) is 2.71. The third-order valence-corrected chi connectivity index (χ3v) is 6.90. The van der Waals surface area contributed by atoms with Crippen molar-refractivity contribution < 1.29 is 13.2 Å². The Morgan fingerprint density at radius 2 is 1.96 bits per heavy atom. The van der Waals surface area contributed by atoms with Crippen molar-refractivity contribution in [1.29, 1.82) is 0 Å². The van der Waals surface area contributed by atoms with Crippen molar-refractivity contribution in [2.75, 3.05) is 33.2 Å². The molecule has 7 nitrogen and oxygen atoms in total. The Bertz CT molecular complexity index is 724. The van der Waals surface area contributed by atoms with E-state index in [1.165, 1.54) is 10.4 Å². The number of carbonyl (C=O) groups is 1. The summed E-state index contributed by atoms with van der Waals surface area (Å²) in [7, 11) is -2.04. The molecule has 0 radical (unpaired) electrons. The van der Waals surface area contributed by atoms with Gasteiger partial charge in [0.25, 0.3) is 5.91 Å². The molecule has 0 spiro atoms. The summed E-state index contributed by atoms with van der Waals surface area (Å²) in [6.07, 6.45) is 5.19. The highest BCUT2D eigenvalue weighted by atomic mass is 32.2. The molecule has 1 amide bonds. The molecule has 0 saturated carbocycles. The Balaban J connectivity index is 1.75. The molecule has 2 saturated heterocycles. The molecule has 1 unspecified atom stereocenters. The predicted molar refractivity (Wildman–Crippen MR) is 100 cm³/mol. The molecule has 3 rings (SSSR count). The number of sulfonamides is 1. The van der Waals surface area contributed by atoms with E-state index < -0.39 is 10.0 Å². The average Bonchev–Trinajstić information content (AvgIpc) is 3.00. The highest BCUT2D eigenvalue weighted by Gasteiger charge is 2.26. The minimum atomic E-state index is -3.63. The first-order valence-electron chi connectivity index (χ1n) is 9.32. The average molecular weight is 381 g/mol.